The first kappa shape index (κ1) is 16.2. The molecule has 1 N–H and O–H groups in total. The Labute approximate surface area is 145 Å². The molecule has 2 heterocycles. The highest BCUT2D eigenvalue weighted by Gasteiger charge is 2.22. The van der Waals surface area contributed by atoms with Gasteiger partial charge in [0.15, 0.2) is 0 Å². The Balaban J connectivity index is 1.98. The monoisotopic (exact) mass is 338 g/mol. The number of para-hydroxylation sites is 1. The third-order valence-electron chi connectivity index (χ3n) is 3.67. The first-order chi connectivity index (χ1) is 11.7. The van der Waals surface area contributed by atoms with Crippen LogP contribution >= 0.6 is 11.3 Å². The van der Waals surface area contributed by atoms with Crippen molar-refractivity contribution in [2.24, 2.45) is 0 Å². The SMILES string of the molecule is COc1ccccc1[C@H](NC(=O)c1ccc(C)s1)c1ccccn1. The van der Waals surface area contributed by atoms with Crippen molar-refractivity contribution in [2.75, 3.05) is 7.11 Å². The predicted octanol–water partition coefficient (Wildman–Crippen LogP) is 3.98. The third-order valence-corrected chi connectivity index (χ3v) is 4.67. The Kier molecular flexibility index (Phi) is 4.91. The molecule has 0 aliphatic carbocycles. The van der Waals surface area contributed by atoms with Crippen LogP contribution in [-0.2, 0) is 0 Å². The van der Waals surface area contributed by atoms with Crippen molar-refractivity contribution in [1.82, 2.24) is 10.3 Å². The Morgan fingerprint density at radius 2 is 1.92 bits per heavy atom. The molecule has 24 heavy (non-hydrogen) atoms. The molecule has 0 saturated carbocycles. The molecule has 4 nitrogen and oxygen atoms in total. The Morgan fingerprint density at radius 3 is 2.58 bits per heavy atom. The van der Waals surface area contributed by atoms with E-state index in [1.54, 1.807) is 13.3 Å². The molecule has 1 atom stereocenters. The summed E-state index contributed by atoms with van der Waals surface area (Å²) in [6.45, 7) is 1.98. The molecule has 3 rings (SSSR count). The number of nitrogens with zero attached hydrogens (tertiary/aromatic N) is 1. The van der Waals surface area contributed by atoms with Crippen LogP contribution in [0.4, 0.5) is 0 Å². The Morgan fingerprint density at radius 1 is 1.12 bits per heavy atom. The minimum Gasteiger partial charge on any atom is -0.496 e. The van der Waals surface area contributed by atoms with Crippen molar-refractivity contribution in [3.8, 4) is 5.75 Å². The fourth-order valence-corrected chi connectivity index (χ4v) is 3.29. The van der Waals surface area contributed by atoms with Gasteiger partial charge in [-0.3, -0.25) is 9.78 Å². The molecule has 0 aliphatic heterocycles. The van der Waals surface area contributed by atoms with Crippen molar-refractivity contribution >= 4 is 17.2 Å². The molecule has 0 unspecified atom stereocenters. The predicted molar refractivity (Wildman–Crippen MR) is 95.6 cm³/mol. The second-order valence-electron chi connectivity index (χ2n) is 5.31. The Hall–Kier alpha value is -2.66. The van der Waals surface area contributed by atoms with E-state index >= 15 is 0 Å². The van der Waals surface area contributed by atoms with Crippen LogP contribution < -0.4 is 10.1 Å². The zero-order valence-corrected chi connectivity index (χ0v) is 14.3. The molecule has 1 amide bonds. The lowest BCUT2D eigenvalue weighted by Gasteiger charge is -2.20. The fourth-order valence-electron chi connectivity index (χ4n) is 2.52. The van der Waals surface area contributed by atoms with E-state index in [2.05, 4.69) is 10.3 Å². The summed E-state index contributed by atoms with van der Waals surface area (Å²) in [5.74, 6) is 0.602. The number of hydrogen-bond acceptors (Lipinski definition) is 4. The highest BCUT2D eigenvalue weighted by atomic mass is 32.1. The molecule has 0 fully saturated rings. The molecule has 0 saturated heterocycles. The number of pyridine rings is 1. The van der Waals surface area contributed by atoms with Gasteiger partial charge in [-0.2, -0.15) is 0 Å². The number of carbonyl (C=O) groups excluding carboxylic acids is 1. The maximum absolute atomic E-state index is 12.6. The number of carbonyl (C=O) groups is 1. The number of methoxy groups -OCH3 is 1. The van der Waals surface area contributed by atoms with Crippen molar-refractivity contribution < 1.29 is 9.53 Å². The number of nitrogens with one attached hydrogen (secondary N) is 1. The summed E-state index contributed by atoms with van der Waals surface area (Å²) in [7, 11) is 1.62. The molecule has 0 aliphatic rings. The summed E-state index contributed by atoms with van der Waals surface area (Å²) in [6, 6.07) is 16.7. The zero-order valence-electron chi connectivity index (χ0n) is 13.5. The van der Waals surface area contributed by atoms with E-state index in [1.165, 1.54) is 11.3 Å². The quantitative estimate of drug-likeness (QED) is 0.765. The maximum atomic E-state index is 12.6. The van der Waals surface area contributed by atoms with Gasteiger partial charge in [0, 0.05) is 16.6 Å². The van der Waals surface area contributed by atoms with E-state index in [0.29, 0.717) is 4.88 Å². The summed E-state index contributed by atoms with van der Waals surface area (Å²) >= 11 is 1.47. The normalized spacial score (nSPS) is 11.8. The van der Waals surface area contributed by atoms with E-state index in [4.69, 9.17) is 4.74 Å². The van der Waals surface area contributed by atoms with Crippen LogP contribution in [0.1, 0.15) is 31.8 Å². The van der Waals surface area contributed by atoms with E-state index < -0.39 is 0 Å². The minimum atomic E-state index is -0.378. The van der Waals surface area contributed by atoms with Gasteiger partial charge in [-0.25, -0.2) is 0 Å². The van der Waals surface area contributed by atoms with Gasteiger partial charge in [-0.15, -0.1) is 11.3 Å². The summed E-state index contributed by atoms with van der Waals surface area (Å²) < 4.78 is 5.46. The van der Waals surface area contributed by atoms with E-state index in [9.17, 15) is 4.79 Å². The highest BCUT2D eigenvalue weighted by molar-refractivity contribution is 7.13. The summed E-state index contributed by atoms with van der Waals surface area (Å²) in [5.41, 5.74) is 1.64. The number of thiophene rings is 1. The van der Waals surface area contributed by atoms with Crippen molar-refractivity contribution in [3.63, 3.8) is 0 Å². The van der Waals surface area contributed by atoms with Gasteiger partial charge in [-0.05, 0) is 37.3 Å². The summed E-state index contributed by atoms with van der Waals surface area (Å²) in [4.78, 5) is 18.8. The van der Waals surface area contributed by atoms with Gasteiger partial charge < -0.3 is 10.1 Å². The molecule has 0 spiro atoms. The molecule has 5 heteroatoms. The molecule has 0 bridgehead atoms. The topological polar surface area (TPSA) is 51.2 Å². The number of hydrogen-bond donors (Lipinski definition) is 1. The van der Waals surface area contributed by atoms with Crippen molar-refractivity contribution in [1.29, 1.82) is 0 Å². The lowest BCUT2D eigenvalue weighted by molar-refractivity contribution is 0.0946. The first-order valence-corrected chi connectivity index (χ1v) is 8.42. The van der Waals surface area contributed by atoms with Crippen LogP contribution in [0.15, 0.2) is 60.8 Å². The molecule has 0 radical (unpaired) electrons. The molecule has 122 valence electrons. The van der Waals surface area contributed by atoms with Crippen LogP contribution in [0.3, 0.4) is 0 Å². The fraction of sp³-hybridized carbons (Fsp3) is 0.158. The summed E-state index contributed by atoms with van der Waals surface area (Å²) in [6.07, 6.45) is 1.72. The average Bonchev–Trinajstić information content (AvgIpc) is 3.07. The number of benzene rings is 1. The molecule has 3 aromatic rings. The van der Waals surface area contributed by atoms with Gasteiger partial charge in [-0.1, -0.05) is 24.3 Å². The lowest BCUT2D eigenvalue weighted by atomic mass is 10.0. The maximum Gasteiger partial charge on any atom is 0.262 e. The van der Waals surface area contributed by atoms with Crippen LogP contribution in [0.5, 0.6) is 5.75 Å². The second kappa shape index (κ2) is 7.27. The molecular formula is C19H18N2O2S. The van der Waals surface area contributed by atoms with Crippen LogP contribution in [0.2, 0.25) is 0 Å². The number of aryl methyl sites for hydroxylation is 1. The average molecular weight is 338 g/mol. The van der Waals surface area contributed by atoms with Crippen molar-refractivity contribution in [2.45, 2.75) is 13.0 Å². The van der Waals surface area contributed by atoms with Gasteiger partial charge >= 0.3 is 0 Å². The second-order valence-corrected chi connectivity index (χ2v) is 6.60. The zero-order chi connectivity index (χ0) is 16.9. The Bertz CT molecular complexity index is 830. The first-order valence-electron chi connectivity index (χ1n) is 7.60. The van der Waals surface area contributed by atoms with Gasteiger partial charge in [0.1, 0.15) is 11.8 Å². The van der Waals surface area contributed by atoms with Crippen LogP contribution in [0, 0.1) is 6.92 Å². The number of ether oxygens (including phenoxy) is 1. The number of aromatic nitrogens is 1. The third kappa shape index (κ3) is 3.46. The van der Waals surface area contributed by atoms with E-state index in [-0.39, 0.29) is 11.9 Å². The lowest BCUT2D eigenvalue weighted by Crippen LogP contribution is -2.29. The smallest absolute Gasteiger partial charge is 0.262 e. The van der Waals surface area contributed by atoms with Crippen LogP contribution in [0.25, 0.3) is 0 Å². The molecule has 2 aromatic heterocycles. The van der Waals surface area contributed by atoms with E-state index in [0.717, 1.165) is 21.9 Å². The molecular weight excluding hydrogens is 320 g/mol. The summed E-state index contributed by atoms with van der Waals surface area (Å²) in [5, 5.41) is 3.08. The van der Waals surface area contributed by atoms with Crippen molar-refractivity contribution in [3.05, 3.63) is 81.8 Å². The minimum absolute atomic E-state index is 0.116. The number of amides is 1. The standard InChI is InChI=1S/C19H18N2O2S/c1-13-10-11-17(24-13)19(22)21-18(15-8-5-6-12-20-15)14-7-3-4-9-16(14)23-2/h3-12,18H,1-2H3,(H,21,22)/t18-/m0/s1. The van der Waals surface area contributed by atoms with E-state index in [1.807, 2.05) is 61.5 Å². The van der Waals surface area contributed by atoms with Gasteiger partial charge in [0.05, 0.1) is 17.7 Å². The van der Waals surface area contributed by atoms with Gasteiger partial charge in [0.25, 0.3) is 5.91 Å². The number of rotatable bonds is 5. The van der Waals surface area contributed by atoms with Gasteiger partial charge in [0.2, 0.25) is 0 Å². The molecule has 1 aromatic carbocycles. The highest BCUT2D eigenvalue weighted by Crippen LogP contribution is 2.29. The van der Waals surface area contributed by atoms with Crippen LogP contribution in [-0.4, -0.2) is 18.0 Å². The largest absolute Gasteiger partial charge is 0.496 e.